The van der Waals surface area contributed by atoms with E-state index >= 15 is 0 Å². The van der Waals surface area contributed by atoms with Crippen molar-refractivity contribution in [1.29, 1.82) is 0 Å². The number of hydrogen-bond acceptors (Lipinski definition) is 20. The summed E-state index contributed by atoms with van der Waals surface area (Å²) < 4.78 is 43.3. The second-order valence-electron chi connectivity index (χ2n) is 14.1. The smallest absolute Gasteiger partial charge is 0.330 e. The second-order valence-corrected chi connectivity index (χ2v) is 14.1. The first-order chi connectivity index (χ1) is 29.4. The summed E-state index contributed by atoms with van der Waals surface area (Å²) in [6.45, 7) is -1.42. The fourth-order valence-electron chi connectivity index (χ4n) is 6.51. The molecule has 22 heteroatoms. The third-order valence-corrected chi connectivity index (χ3v) is 9.77. The molecule has 0 radical (unpaired) electrons. The van der Waals surface area contributed by atoms with E-state index < -0.39 is 122 Å². The number of carbonyl (C=O) groups is 3. The van der Waals surface area contributed by atoms with E-state index in [4.69, 9.17) is 38.3 Å². The average Bonchev–Trinajstić information content (AvgIpc) is 3.23. The Bertz CT molecular complexity index is 2170. The third-order valence-electron chi connectivity index (χ3n) is 9.77. The monoisotopic (exact) mass is 875 g/mol. The van der Waals surface area contributed by atoms with Gasteiger partial charge in [0.2, 0.25) is 18.3 Å². The highest BCUT2D eigenvalue weighted by Gasteiger charge is 2.49. The number of carbonyl (C=O) groups excluding carboxylic acids is 2. The van der Waals surface area contributed by atoms with Crippen LogP contribution < -0.4 is 9.47 Å². The fourth-order valence-corrected chi connectivity index (χ4v) is 6.51. The molecule has 0 aliphatic carbocycles. The maximum Gasteiger partial charge on any atom is 0.330 e. The van der Waals surface area contributed by atoms with Gasteiger partial charge in [0.25, 0.3) is 11.9 Å². The van der Waals surface area contributed by atoms with Crippen molar-refractivity contribution in [3.8, 4) is 40.2 Å². The van der Waals surface area contributed by atoms with E-state index in [1.165, 1.54) is 55.7 Å². The first-order valence-electron chi connectivity index (χ1n) is 18.6. The summed E-state index contributed by atoms with van der Waals surface area (Å²) in [5, 5.41) is 115. The average molecular weight is 876 g/mol. The van der Waals surface area contributed by atoms with Crippen LogP contribution in [-0.4, -0.2) is 161 Å². The molecule has 11 atom stereocenters. The summed E-state index contributed by atoms with van der Waals surface area (Å²) in [6, 6.07) is 10.5. The van der Waals surface area contributed by atoms with Gasteiger partial charge in [0, 0.05) is 18.2 Å². The maximum atomic E-state index is 12.5. The number of phenols is 4. The van der Waals surface area contributed by atoms with Crippen molar-refractivity contribution >= 4 is 30.1 Å². The lowest BCUT2D eigenvalue weighted by Crippen LogP contribution is -2.60. The summed E-state index contributed by atoms with van der Waals surface area (Å²) in [4.78, 5) is 35.3. The van der Waals surface area contributed by atoms with Gasteiger partial charge in [0.1, 0.15) is 91.3 Å². The van der Waals surface area contributed by atoms with E-state index in [0.717, 1.165) is 18.2 Å². The van der Waals surface area contributed by atoms with Crippen LogP contribution in [0.15, 0.2) is 60.4 Å². The Balaban J connectivity index is 1.29. The van der Waals surface area contributed by atoms with E-state index in [-0.39, 0.29) is 39.9 Å². The van der Waals surface area contributed by atoms with E-state index in [1.807, 2.05) is 0 Å². The Morgan fingerprint density at radius 2 is 1.34 bits per heavy atom. The van der Waals surface area contributed by atoms with Crippen LogP contribution in [0.25, 0.3) is 12.2 Å². The number of carboxylic acid groups (broad SMARTS) is 1. The molecule has 334 valence electrons. The molecule has 62 heavy (non-hydrogen) atoms. The van der Waals surface area contributed by atoms with Crippen LogP contribution in [0.2, 0.25) is 0 Å². The fraction of sp³-hybridized carbons (Fsp3) is 0.375. The van der Waals surface area contributed by atoms with Gasteiger partial charge >= 0.3 is 17.9 Å². The predicted molar refractivity (Wildman–Crippen MR) is 203 cm³/mol. The lowest BCUT2D eigenvalue weighted by Gasteiger charge is -2.41. The molecule has 3 aromatic rings. The number of ether oxygens (including phenoxy) is 8. The number of methoxy groups -OCH3 is 1. The zero-order valence-electron chi connectivity index (χ0n) is 32.3. The second kappa shape index (κ2) is 19.1. The number of esters is 2. The van der Waals surface area contributed by atoms with Gasteiger partial charge < -0.3 is 94.1 Å². The van der Waals surface area contributed by atoms with Gasteiger partial charge in [-0.2, -0.15) is 0 Å². The van der Waals surface area contributed by atoms with Crippen molar-refractivity contribution in [3.05, 3.63) is 77.1 Å². The first-order valence-corrected chi connectivity index (χ1v) is 18.6. The summed E-state index contributed by atoms with van der Waals surface area (Å²) >= 11 is 0. The summed E-state index contributed by atoms with van der Waals surface area (Å²) in [5.74, 6) is -6.10. The van der Waals surface area contributed by atoms with Gasteiger partial charge in [-0.1, -0.05) is 12.1 Å². The molecule has 3 aliphatic rings. The van der Waals surface area contributed by atoms with Crippen LogP contribution in [0, 0.1) is 0 Å². The number of hydrogen-bond donors (Lipinski definition) is 11. The molecule has 0 aromatic heterocycles. The van der Waals surface area contributed by atoms with Crippen molar-refractivity contribution < 1.29 is 108 Å². The van der Waals surface area contributed by atoms with E-state index in [1.54, 1.807) is 0 Å². The number of fused-ring (bicyclic) bond motifs is 1. The molecule has 3 aromatic carbocycles. The van der Waals surface area contributed by atoms with Crippen molar-refractivity contribution in [2.75, 3.05) is 20.3 Å². The largest absolute Gasteiger partial charge is 0.571 e. The van der Waals surface area contributed by atoms with E-state index in [2.05, 4.69) is 4.74 Å². The molecule has 0 amide bonds. The number of aliphatic hydroxyl groups is 7. The Hall–Kier alpha value is -6.37. The number of aliphatic carboxylic acids is 1. The number of rotatable bonds is 14. The molecule has 3 aliphatic heterocycles. The molecule has 1 unspecified atom stereocenters. The maximum absolute atomic E-state index is 12.5. The van der Waals surface area contributed by atoms with Gasteiger partial charge in [-0.15, -0.1) is 0 Å². The molecule has 2 saturated heterocycles. The SMILES string of the molecule is COc1cc(C2[OH+]c3cc(O)cc(O[C@@H]4O[C@H](COC(=O)CC(=O)O)[C@@H](O)[C@H](O)[C@H]4O)c3C=C2O[C@@H]2O[C@H](COC(=O)C=Cc3ccc(O)cc3)[C@@H](O)[C@H](O)[C@H]2O)cc(O)c1O. The molecule has 0 bridgehead atoms. The minimum absolute atomic E-state index is 0.0119. The molecule has 0 saturated carbocycles. The number of aromatic hydroxyl groups is 5. The van der Waals surface area contributed by atoms with E-state index in [0.29, 0.717) is 5.56 Å². The lowest BCUT2D eigenvalue weighted by molar-refractivity contribution is -0.296. The summed E-state index contributed by atoms with van der Waals surface area (Å²) in [6.07, 6.45) is -16.9. The Morgan fingerprint density at radius 3 is 1.95 bits per heavy atom. The standard InChI is InChI=1S/C40H42O22/c1-55-24-9-17(8-21(43)31(24)48)38-25(60-40-37(54)35(52)32(49)26(62-40)14-56-29(46)7-4-16-2-5-18(41)6-3-16)12-20-22(58-38)10-19(42)11-23(20)59-39-36(53)34(51)33(50)27(61-39)15-57-30(47)13-28(44)45/h2-12,26-27,32-43,48-54H,13-15H2,1H3,(H,44,45)/p+1/t26-,27-,32-,33-,34+,35+,36-,37-,38?,39-,40-/m1/s1. The van der Waals surface area contributed by atoms with Gasteiger partial charge in [-0.05, 0) is 35.9 Å². The molecular formula is C40H43O22+. The quantitative estimate of drug-likeness (QED) is 0.0309. The van der Waals surface area contributed by atoms with Crippen LogP contribution in [0.3, 0.4) is 0 Å². The van der Waals surface area contributed by atoms with Crippen molar-refractivity contribution in [1.82, 2.24) is 0 Å². The molecule has 2 fully saturated rings. The molecule has 0 spiro atoms. The zero-order valence-corrected chi connectivity index (χ0v) is 32.3. The number of aliphatic hydroxyl groups excluding tert-OH is 6. The minimum Gasteiger partial charge on any atom is -0.571 e. The third kappa shape index (κ3) is 10.2. The van der Waals surface area contributed by atoms with Crippen molar-refractivity contribution in [2.45, 2.75) is 73.9 Å². The van der Waals surface area contributed by atoms with Crippen LogP contribution in [0.4, 0.5) is 0 Å². The zero-order chi connectivity index (χ0) is 45.0. The number of benzene rings is 3. The van der Waals surface area contributed by atoms with Crippen LogP contribution >= 0.6 is 0 Å². The number of phenolic OH excluding ortho intramolecular Hbond substituents is 4. The van der Waals surface area contributed by atoms with Crippen molar-refractivity contribution in [3.63, 3.8) is 0 Å². The van der Waals surface area contributed by atoms with Crippen molar-refractivity contribution in [2.24, 2.45) is 0 Å². The molecule has 12 N–H and O–H groups in total. The lowest BCUT2D eigenvalue weighted by atomic mass is 9.98. The van der Waals surface area contributed by atoms with Crippen LogP contribution in [-0.2, 0) is 38.1 Å². The molecule has 6 rings (SSSR count). The summed E-state index contributed by atoms with van der Waals surface area (Å²) in [5.41, 5.74) is 0.605. The minimum atomic E-state index is -1.97. The highest BCUT2D eigenvalue weighted by atomic mass is 16.7. The Morgan fingerprint density at radius 1 is 0.726 bits per heavy atom. The molecule has 3 heterocycles. The highest BCUT2D eigenvalue weighted by Crippen LogP contribution is 2.48. The summed E-state index contributed by atoms with van der Waals surface area (Å²) in [7, 11) is 1.21. The van der Waals surface area contributed by atoms with E-state index in [9.17, 15) is 65.4 Å². The molecule has 22 nitrogen and oxygen atoms in total. The topological polar surface area (TPSA) is 351 Å². The van der Waals surface area contributed by atoms with Crippen LogP contribution in [0.5, 0.6) is 40.2 Å². The van der Waals surface area contributed by atoms with Gasteiger partial charge in [-0.3, -0.25) is 9.59 Å². The van der Waals surface area contributed by atoms with Crippen LogP contribution in [0.1, 0.15) is 29.2 Å². The highest BCUT2D eigenvalue weighted by molar-refractivity contribution is 5.90. The Labute approximate surface area is 349 Å². The van der Waals surface area contributed by atoms with Gasteiger partial charge in [0.05, 0.1) is 18.7 Å². The normalized spacial score (nSPS) is 28.2. The first kappa shape index (κ1) is 45.2. The van der Waals surface area contributed by atoms with Gasteiger partial charge in [-0.25, -0.2) is 4.79 Å². The predicted octanol–water partition coefficient (Wildman–Crippen LogP) is -0.860. The van der Waals surface area contributed by atoms with Gasteiger partial charge in [0.15, 0.2) is 17.3 Å². The Kier molecular flexibility index (Phi) is 13.9. The number of carboxylic acids is 1. The molecular weight excluding hydrogens is 832 g/mol.